The quantitative estimate of drug-likeness (QED) is 0.441. The van der Waals surface area contributed by atoms with Crippen LogP contribution in [-0.2, 0) is 0 Å². The summed E-state index contributed by atoms with van der Waals surface area (Å²) < 4.78 is 13.3. The highest BCUT2D eigenvalue weighted by molar-refractivity contribution is 6.69. The van der Waals surface area contributed by atoms with E-state index in [0.717, 1.165) is 0 Å². The van der Waals surface area contributed by atoms with E-state index in [0.29, 0.717) is 5.56 Å². The number of oxime groups is 1. The lowest BCUT2D eigenvalue weighted by Crippen LogP contribution is -1.97. The standard InChI is InChI=1S/C8H6Cl2FNO/c1-4-2-3-5(8(10)12-13)7(11)6(4)9/h2-3,13H,1H3/b12-8-. The maximum Gasteiger partial charge on any atom is 0.178 e. The maximum atomic E-state index is 13.3. The van der Waals surface area contributed by atoms with Gasteiger partial charge >= 0.3 is 0 Å². The van der Waals surface area contributed by atoms with Crippen molar-refractivity contribution in [3.05, 3.63) is 34.1 Å². The number of halogens is 3. The van der Waals surface area contributed by atoms with Crippen molar-refractivity contribution in [2.75, 3.05) is 0 Å². The predicted molar refractivity (Wildman–Crippen MR) is 50.3 cm³/mol. The van der Waals surface area contributed by atoms with Gasteiger partial charge in [0.15, 0.2) is 11.0 Å². The van der Waals surface area contributed by atoms with Gasteiger partial charge in [-0.1, -0.05) is 34.4 Å². The van der Waals surface area contributed by atoms with Crippen LogP contribution >= 0.6 is 23.2 Å². The molecule has 0 fully saturated rings. The summed E-state index contributed by atoms with van der Waals surface area (Å²) in [5.74, 6) is -0.676. The molecule has 1 N–H and O–H groups in total. The molecule has 0 radical (unpaired) electrons. The van der Waals surface area contributed by atoms with E-state index in [1.165, 1.54) is 6.07 Å². The third kappa shape index (κ3) is 1.92. The van der Waals surface area contributed by atoms with Gasteiger partial charge in [-0.3, -0.25) is 0 Å². The van der Waals surface area contributed by atoms with Gasteiger partial charge in [0.2, 0.25) is 0 Å². The number of benzene rings is 1. The Kier molecular flexibility index (Phi) is 3.12. The van der Waals surface area contributed by atoms with E-state index in [4.69, 9.17) is 28.4 Å². The molecule has 13 heavy (non-hydrogen) atoms. The van der Waals surface area contributed by atoms with Gasteiger partial charge in [0, 0.05) is 0 Å². The first-order chi connectivity index (χ1) is 6.07. The molecule has 1 rings (SSSR count). The molecule has 0 saturated heterocycles. The third-order valence-corrected chi connectivity index (χ3v) is 2.33. The second kappa shape index (κ2) is 3.94. The minimum Gasteiger partial charge on any atom is -0.410 e. The molecule has 2 nitrogen and oxygen atoms in total. The molecule has 0 heterocycles. The lowest BCUT2D eigenvalue weighted by molar-refractivity contribution is 0.320. The van der Waals surface area contributed by atoms with Crippen LogP contribution in [-0.4, -0.2) is 10.4 Å². The number of hydrogen-bond donors (Lipinski definition) is 1. The van der Waals surface area contributed by atoms with Gasteiger partial charge in [0.1, 0.15) is 0 Å². The summed E-state index contributed by atoms with van der Waals surface area (Å²) in [5, 5.41) is 10.7. The van der Waals surface area contributed by atoms with E-state index in [1.807, 2.05) is 0 Å². The minimum atomic E-state index is -0.676. The predicted octanol–water partition coefficient (Wildman–Crippen LogP) is 3.16. The molecule has 0 unspecified atom stereocenters. The number of rotatable bonds is 1. The topological polar surface area (TPSA) is 32.6 Å². The Balaban J connectivity index is 3.34. The summed E-state index contributed by atoms with van der Waals surface area (Å²) in [4.78, 5) is 0. The lowest BCUT2D eigenvalue weighted by atomic mass is 10.1. The van der Waals surface area contributed by atoms with Crippen molar-refractivity contribution in [1.82, 2.24) is 0 Å². The van der Waals surface area contributed by atoms with E-state index in [1.54, 1.807) is 13.0 Å². The van der Waals surface area contributed by atoms with Crippen LogP contribution in [0.2, 0.25) is 5.02 Å². The molecule has 0 aliphatic carbocycles. The Bertz CT molecular complexity index is 365. The summed E-state index contributed by atoms with van der Waals surface area (Å²) in [6.45, 7) is 1.67. The van der Waals surface area contributed by atoms with E-state index < -0.39 is 5.82 Å². The molecule has 70 valence electrons. The zero-order valence-electron chi connectivity index (χ0n) is 6.68. The van der Waals surface area contributed by atoms with Crippen LogP contribution in [0.25, 0.3) is 0 Å². The number of hydrogen-bond acceptors (Lipinski definition) is 2. The molecular formula is C8H6Cl2FNO. The summed E-state index contributed by atoms with van der Waals surface area (Å²) >= 11 is 11.0. The average molecular weight is 222 g/mol. The summed E-state index contributed by atoms with van der Waals surface area (Å²) in [7, 11) is 0. The molecule has 0 aromatic heterocycles. The highest BCUT2D eigenvalue weighted by Crippen LogP contribution is 2.23. The van der Waals surface area contributed by atoms with Gasteiger partial charge in [0.25, 0.3) is 0 Å². The second-order valence-electron chi connectivity index (χ2n) is 2.45. The normalized spacial score (nSPS) is 11.8. The van der Waals surface area contributed by atoms with Crippen LogP contribution in [0.4, 0.5) is 4.39 Å². The molecule has 0 spiro atoms. The molecule has 0 atom stereocenters. The van der Waals surface area contributed by atoms with Crippen molar-refractivity contribution in [2.24, 2.45) is 5.16 Å². The van der Waals surface area contributed by atoms with Gasteiger partial charge in [0.05, 0.1) is 10.6 Å². The zero-order chi connectivity index (χ0) is 10.0. The molecule has 0 aliphatic rings. The van der Waals surface area contributed by atoms with Crippen LogP contribution in [0, 0.1) is 12.7 Å². The largest absolute Gasteiger partial charge is 0.410 e. The highest BCUT2D eigenvalue weighted by Gasteiger charge is 2.12. The Morgan fingerprint density at radius 3 is 2.69 bits per heavy atom. The monoisotopic (exact) mass is 221 g/mol. The van der Waals surface area contributed by atoms with Crippen molar-refractivity contribution in [3.63, 3.8) is 0 Å². The van der Waals surface area contributed by atoms with Gasteiger partial charge in [-0.2, -0.15) is 0 Å². The van der Waals surface area contributed by atoms with Crippen LogP contribution in [0.15, 0.2) is 17.3 Å². The molecular weight excluding hydrogens is 216 g/mol. The Morgan fingerprint density at radius 1 is 1.54 bits per heavy atom. The molecule has 5 heteroatoms. The van der Waals surface area contributed by atoms with Crippen molar-refractivity contribution in [1.29, 1.82) is 0 Å². The first kappa shape index (κ1) is 10.3. The second-order valence-corrected chi connectivity index (χ2v) is 3.18. The smallest absolute Gasteiger partial charge is 0.178 e. The van der Waals surface area contributed by atoms with Gasteiger partial charge in [-0.15, -0.1) is 0 Å². The van der Waals surface area contributed by atoms with Gasteiger partial charge < -0.3 is 5.21 Å². The van der Waals surface area contributed by atoms with E-state index >= 15 is 0 Å². The van der Waals surface area contributed by atoms with Crippen LogP contribution in [0.5, 0.6) is 0 Å². The molecule has 0 amide bonds. The molecule has 0 bridgehead atoms. The Labute approximate surface area is 84.6 Å². The third-order valence-electron chi connectivity index (χ3n) is 1.59. The maximum absolute atomic E-state index is 13.3. The molecule has 0 aliphatic heterocycles. The van der Waals surface area contributed by atoms with Crippen molar-refractivity contribution < 1.29 is 9.60 Å². The van der Waals surface area contributed by atoms with E-state index in [9.17, 15) is 4.39 Å². The van der Waals surface area contributed by atoms with Gasteiger partial charge in [-0.05, 0) is 18.6 Å². The average Bonchev–Trinajstić information content (AvgIpc) is 2.13. The van der Waals surface area contributed by atoms with Crippen molar-refractivity contribution in [2.45, 2.75) is 6.92 Å². The Morgan fingerprint density at radius 2 is 2.15 bits per heavy atom. The van der Waals surface area contributed by atoms with Crippen molar-refractivity contribution >= 4 is 28.4 Å². The fourth-order valence-electron chi connectivity index (χ4n) is 0.859. The summed E-state index contributed by atoms with van der Waals surface area (Å²) in [5.41, 5.74) is 0.588. The minimum absolute atomic E-state index is 0.0141. The first-order valence-electron chi connectivity index (χ1n) is 3.40. The van der Waals surface area contributed by atoms with Crippen LogP contribution in [0.1, 0.15) is 11.1 Å². The highest BCUT2D eigenvalue weighted by atomic mass is 35.5. The SMILES string of the molecule is Cc1ccc(/C(Cl)=N/O)c(F)c1Cl. The molecule has 1 aromatic rings. The molecule has 0 saturated carbocycles. The summed E-state index contributed by atoms with van der Waals surface area (Å²) in [6, 6.07) is 2.99. The van der Waals surface area contributed by atoms with Crippen molar-refractivity contribution in [3.8, 4) is 0 Å². The zero-order valence-corrected chi connectivity index (χ0v) is 8.19. The van der Waals surface area contributed by atoms with Gasteiger partial charge in [-0.25, -0.2) is 4.39 Å². The first-order valence-corrected chi connectivity index (χ1v) is 4.16. The molecule has 1 aromatic carbocycles. The van der Waals surface area contributed by atoms with E-state index in [2.05, 4.69) is 5.16 Å². The summed E-state index contributed by atoms with van der Waals surface area (Å²) in [6.07, 6.45) is 0. The number of aryl methyl sites for hydroxylation is 1. The lowest BCUT2D eigenvalue weighted by Gasteiger charge is -2.03. The fourth-order valence-corrected chi connectivity index (χ4v) is 1.17. The van der Waals surface area contributed by atoms with Crippen LogP contribution in [0.3, 0.4) is 0 Å². The van der Waals surface area contributed by atoms with E-state index in [-0.39, 0.29) is 15.8 Å². The fraction of sp³-hybridized carbons (Fsp3) is 0.125. The number of nitrogens with zero attached hydrogens (tertiary/aromatic N) is 1. The Hall–Kier alpha value is -0.800. The van der Waals surface area contributed by atoms with Crippen LogP contribution < -0.4 is 0 Å².